The molecule has 0 aliphatic rings. The molecule has 0 aliphatic carbocycles. The smallest absolute Gasteiger partial charge is 0.347 e. The van der Waals surface area contributed by atoms with Crippen LogP contribution in [0.5, 0.6) is 0 Å². The van der Waals surface area contributed by atoms with Gasteiger partial charge >= 0.3 is 11.7 Å². The Hall–Kier alpha value is -3.03. The molecule has 1 heterocycles. The van der Waals surface area contributed by atoms with E-state index >= 15 is 0 Å². The lowest BCUT2D eigenvalue weighted by Crippen LogP contribution is -2.28. The average molecular weight is 291 g/mol. The van der Waals surface area contributed by atoms with Crippen molar-refractivity contribution < 1.29 is 19.1 Å². The molecule has 0 atom stereocenters. The highest BCUT2D eigenvalue weighted by atomic mass is 19.1. The molecule has 2 aromatic rings. The largest absolute Gasteiger partial charge is 0.478 e. The maximum Gasteiger partial charge on any atom is 0.347 e. The predicted octanol–water partition coefficient (Wildman–Crippen LogP) is 0.719. The fraction of sp³-hybridized carbons (Fsp3) is 0.0769. The number of halogens is 1. The quantitative estimate of drug-likeness (QED) is 0.864. The van der Waals surface area contributed by atoms with Crippen LogP contribution in [0.3, 0.4) is 0 Å². The molecule has 0 aliphatic heterocycles. The first-order valence-electron chi connectivity index (χ1n) is 5.81. The summed E-state index contributed by atoms with van der Waals surface area (Å²) in [6.07, 6.45) is 2.64. The number of amides is 1. The van der Waals surface area contributed by atoms with Crippen molar-refractivity contribution in [2.75, 3.05) is 5.32 Å². The molecule has 8 heteroatoms. The number of anilines is 1. The van der Waals surface area contributed by atoms with E-state index in [0.717, 1.165) is 22.8 Å². The van der Waals surface area contributed by atoms with E-state index in [1.54, 1.807) is 0 Å². The first-order valence-corrected chi connectivity index (χ1v) is 5.81. The van der Waals surface area contributed by atoms with Crippen molar-refractivity contribution in [3.8, 4) is 0 Å². The highest BCUT2D eigenvalue weighted by molar-refractivity contribution is 6.00. The highest BCUT2D eigenvalue weighted by Gasteiger charge is 2.14. The summed E-state index contributed by atoms with van der Waals surface area (Å²) in [6.45, 7) is -0.359. The Kier molecular flexibility index (Phi) is 4.07. The summed E-state index contributed by atoms with van der Waals surface area (Å²) in [5.41, 5.74) is -1.04. The number of carboxylic acids is 1. The number of nitrogens with zero attached hydrogens (tertiary/aromatic N) is 2. The fourth-order valence-electron chi connectivity index (χ4n) is 1.66. The van der Waals surface area contributed by atoms with E-state index < -0.39 is 23.4 Å². The van der Waals surface area contributed by atoms with Crippen molar-refractivity contribution in [1.82, 2.24) is 9.55 Å². The molecule has 0 saturated heterocycles. The lowest BCUT2D eigenvalue weighted by Gasteiger charge is -2.09. The van der Waals surface area contributed by atoms with Gasteiger partial charge in [-0.05, 0) is 24.3 Å². The summed E-state index contributed by atoms with van der Waals surface area (Å²) in [5, 5.41) is 11.2. The van der Waals surface area contributed by atoms with E-state index in [0.29, 0.717) is 0 Å². The van der Waals surface area contributed by atoms with Crippen molar-refractivity contribution in [3.63, 3.8) is 0 Å². The molecular weight excluding hydrogens is 281 g/mol. The third-order valence-corrected chi connectivity index (χ3v) is 2.58. The van der Waals surface area contributed by atoms with Crippen LogP contribution >= 0.6 is 0 Å². The third-order valence-electron chi connectivity index (χ3n) is 2.58. The molecular formula is C13H10FN3O4. The molecule has 1 amide bonds. The Morgan fingerprint density at radius 3 is 2.81 bits per heavy atom. The molecule has 0 spiro atoms. The molecule has 108 valence electrons. The van der Waals surface area contributed by atoms with Crippen LogP contribution in [0.2, 0.25) is 0 Å². The Labute approximate surface area is 117 Å². The fourth-order valence-corrected chi connectivity index (χ4v) is 1.66. The number of carbonyl (C=O) groups is 2. The van der Waals surface area contributed by atoms with Crippen LogP contribution in [-0.4, -0.2) is 26.5 Å². The molecule has 0 radical (unpaired) electrons. The Balaban J connectivity index is 2.20. The molecule has 21 heavy (non-hydrogen) atoms. The van der Waals surface area contributed by atoms with Crippen LogP contribution in [-0.2, 0) is 11.3 Å². The van der Waals surface area contributed by atoms with Gasteiger partial charge in [0.2, 0.25) is 5.91 Å². The number of hydrogen-bond donors (Lipinski definition) is 2. The van der Waals surface area contributed by atoms with Gasteiger partial charge in [-0.3, -0.25) is 9.36 Å². The molecule has 2 rings (SSSR count). The van der Waals surface area contributed by atoms with Crippen LogP contribution in [0.15, 0.2) is 41.5 Å². The van der Waals surface area contributed by atoms with Crippen molar-refractivity contribution in [1.29, 1.82) is 0 Å². The first-order chi connectivity index (χ1) is 9.97. The maximum atomic E-state index is 13.1. The van der Waals surface area contributed by atoms with E-state index in [-0.39, 0.29) is 17.8 Å². The van der Waals surface area contributed by atoms with Gasteiger partial charge in [-0.1, -0.05) is 0 Å². The van der Waals surface area contributed by atoms with Crippen molar-refractivity contribution in [2.24, 2.45) is 0 Å². The number of carboxylic acid groups (broad SMARTS) is 1. The number of rotatable bonds is 4. The minimum absolute atomic E-state index is 0.176. The molecule has 0 saturated carbocycles. The van der Waals surface area contributed by atoms with Gasteiger partial charge in [-0.2, -0.15) is 0 Å². The molecule has 2 N–H and O–H groups in total. The SMILES string of the molecule is O=C(Cn1cccnc1=O)Nc1cc(F)ccc1C(=O)O. The van der Waals surface area contributed by atoms with Crippen molar-refractivity contribution in [3.05, 3.63) is 58.5 Å². The average Bonchev–Trinajstić information content (AvgIpc) is 2.41. The number of hydrogen-bond acceptors (Lipinski definition) is 4. The molecule has 0 fully saturated rings. The standard InChI is InChI=1S/C13H10FN3O4/c14-8-2-3-9(12(19)20)10(6-8)16-11(18)7-17-5-1-4-15-13(17)21/h1-6H,7H2,(H,16,18)(H,19,20). The second-order valence-electron chi connectivity index (χ2n) is 4.07. The Bertz CT molecular complexity index is 757. The van der Waals surface area contributed by atoms with E-state index in [4.69, 9.17) is 5.11 Å². The number of aromatic carboxylic acids is 1. The van der Waals surface area contributed by atoms with Crippen LogP contribution in [0.25, 0.3) is 0 Å². The summed E-state index contributed by atoms with van der Waals surface area (Å²) in [4.78, 5) is 37.6. The Morgan fingerprint density at radius 2 is 2.14 bits per heavy atom. The van der Waals surface area contributed by atoms with Gasteiger partial charge in [0.15, 0.2) is 0 Å². The van der Waals surface area contributed by atoms with E-state index in [9.17, 15) is 18.8 Å². The van der Waals surface area contributed by atoms with Gasteiger partial charge in [0.25, 0.3) is 0 Å². The normalized spacial score (nSPS) is 10.1. The predicted molar refractivity (Wildman–Crippen MR) is 70.5 cm³/mol. The van der Waals surface area contributed by atoms with E-state index in [2.05, 4.69) is 10.3 Å². The minimum Gasteiger partial charge on any atom is -0.478 e. The summed E-state index contributed by atoms with van der Waals surface area (Å²) >= 11 is 0. The van der Waals surface area contributed by atoms with Gasteiger partial charge in [-0.25, -0.2) is 19.0 Å². The molecule has 7 nitrogen and oxygen atoms in total. The Morgan fingerprint density at radius 1 is 1.38 bits per heavy atom. The van der Waals surface area contributed by atoms with Gasteiger partial charge in [0, 0.05) is 12.4 Å². The van der Waals surface area contributed by atoms with E-state index in [1.807, 2.05) is 0 Å². The molecule has 1 aromatic carbocycles. The van der Waals surface area contributed by atoms with Crippen molar-refractivity contribution >= 4 is 17.6 Å². The van der Waals surface area contributed by atoms with Crippen LogP contribution in [0, 0.1) is 5.82 Å². The second kappa shape index (κ2) is 5.95. The molecule has 0 unspecified atom stereocenters. The number of aromatic nitrogens is 2. The zero-order valence-corrected chi connectivity index (χ0v) is 10.6. The van der Waals surface area contributed by atoms with Gasteiger partial charge in [-0.15, -0.1) is 0 Å². The highest BCUT2D eigenvalue weighted by Crippen LogP contribution is 2.17. The second-order valence-corrected chi connectivity index (χ2v) is 4.07. The molecule has 1 aromatic heterocycles. The van der Waals surface area contributed by atoms with Crippen LogP contribution in [0.1, 0.15) is 10.4 Å². The molecule has 0 bridgehead atoms. The monoisotopic (exact) mass is 291 g/mol. The lowest BCUT2D eigenvalue weighted by molar-refractivity contribution is -0.116. The van der Waals surface area contributed by atoms with Crippen LogP contribution in [0.4, 0.5) is 10.1 Å². The van der Waals surface area contributed by atoms with Crippen molar-refractivity contribution in [2.45, 2.75) is 6.54 Å². The topological polar surface area (TPSA) is 101 Å². The summed E-state index contributed by atoms with van der Waals surface area (Å²) in [6, 6.07) is 4.39. The third kappa shape index (κ3) is 3.50. The van der Waals surface area contributed by atoms with E-state index in [1.165, 1.54) is 18.5 Å². The zero-order chi connectivity index (χ0) is 15.4. The van der Waals surface area contributed by atoms with Crippen LogP contribution < -0.4 is 11.0 Å². The first kappa shape index (κ1) is 14.4. The lowest BCUT2D eigenvalue weighted by atomic mass is 10.1. The summed E-state index contributed by atoms with van der Waals surface area (Å²) in [7, 11) is 0. The maximum absolute atomic E-state index is 13.1. The van der Waals surface area contributed by atoms with Gasteiger partial charge in [0.05, 0.1) is 11.3 Å². The van der Waals surface area contributed by atoms with Gasteiger partial charge in [0.1, 0.15) is 12.4 Å². The number of benzene rings is 1. The summed E-state index contributed by atoms with van der Waals surface area (Å²) in [5.74, 6) is -2.66. The van der Waals surface area contributed by atoms with Gasteiger partial charge < -0.3 is 10.4 Å². The zero-order valence-electron chi connectivity index (χ0n) is 10.6. The number of nitrogens with one attached hydrogen (secondary N) is 1. The minimum atomic E-state index is -1.30. The number of carbonyl (C=O) groups excluding carboxylic acids is 1. The summed E-state index contributed by atoms with van der Waals surface area (Å²) < 4.78 is 14.2.